The molecule has 0 aliphatic heterocycles. The van der Waals surface area contributed by atoms with Gasteiger partial charge >= 0.3 is 0 Å². The third-order valence-electron chi connectivity index (χ3n) is 5.52. The van der Waals surface area contributed by atoms with E-state index in [1.807, 2.05) is 36.4 Å². The summed E-state index contributed by atoms with van der Waals surface area (Å²) in [6.07, 6.45) is 3.39. The molecule has 142 valence electrons. The molecule has 5 rings (SSSR count). The lowest BCUT2D eigenvalue weighted by Gasteiger charge is -2.16. The molecule has 1 aromatic carbocycles. The van der Waals surface area contributed by atoms with Gasteiger partial charge in [0, 0.05) is 24.2 Å². The number of likely N-dealkylation sites (N-methyl/N-ethyl adjacent to an activating group) is 1. The number of amides is 2. The summed E-state index contributed by atoms with van der Waals surface area (Å²) >= 11 is 0. The summed E-state index contributed by atoms with van der Waals surface area (Å²) in [7, 11) is 1.58. The lowest BCUT2D eigenvalue weighted by Crippen LogP contribution is -2.48. The van der Waals surface area contributed by atoms with E-state index >= 15 is 0 Å². The third-order valence-corrected chi connectivity index (χ3v) is 5.52. The highest BCUT2D eigenvalue weighted by atomic mass is 16.5. The first kappa shape index (κ1) is 16.9. The van der Waals surface area contributed by atoms with E-state index in [-0.39, 0.29) is 11.8 Å². The van der Waals surface area contributed by atoms with E-state index in [0.29, 0.717) is 41.1 Å². The fourth-order valence-electron chi connectivity index (χ4n) is 3.59. The van der Waals surface area contributed by atoms with Crippen molar-refractivity contribution in [1.82, 2.24) is 20.8 Å². The van der Waals surface area contributed by atoms with Crippen molar-refractivity contribution in [2.75, 3.05) is 7.05 Å². The maximum atomic E-state index is 13.2. The highest BCUT2D eigenvalue weighted by Gasteiger charge is 2.51. The highest BCUT2D eigenvalue weighted by molar-refractivity contribution is 6.11. The van der Waals surface area contributed by atoms with Gasteiger partial charge in [-0.25, -0.2) is 4.98 Å². The van der Waals surface area contributed by atoms with Crippen LogP contribution in [-0.2, 0) is 4.79 Å². The Morgan fingerprint density at radius 2 is 1.93 bits per heavy atom. The number of hydrogen-bond donors (Lipinski definition) is 2. The molecule has 2 aliphatic carbocycles. The predicted octanol–water partition coefficient (Wildman–Crippen LogP) is 2.78. The lowest BCUT2D eigenvalue weighted by atomic mass is 10.0. The van der Waals surface area contributed by atoms with Crippen LogP contribution in [-0.4, -0.2) is 34.5 Å². The zero-order chi connectivity index (χ0) is 19.3. The van der Waals surface area contributed by atoms with Crippen molar-refractivity contribution in [3.8, 4) is 11.3 Å². The summed E-state index contributed by atoms with van der Waals surface area (Å²) in [5.41, 5.74) is 2.29. The van der Waals surface area contributed by atoms with E-state index in [4.69, 9.17) is 4.52 Å². The van der Waals surface area contributed by atoms with Gasteiger partial charge in [0.05, 0.1) is 10.9 Å². The minimum absolute atomic E-state index is 0.165. The van der Waals surface area contributed by atoms with Crippen LogP contribution in [0.4, 0.5) is 0 Å². The Bertz CT molecular complexity index is 1080. The van der Waals surface area contributed by atoms with Crippen LogP contribution >= 0.6 is 0 Å². The van der Waals surface area contributed by atoms with E-state index in [0.717, 1.165) is 24.1 Å². The Balaban J connectivity index is 1.62. The van der Waals surface area contributed by atoms with Crippen LogP contribution in [0.15, 0.2) is 40.9 Å². The molecule has 0 atom stereocenters. The molecule has 2 fully saturated rings. The van der Waals surface area contributed by atoms with Crippen LogP contribution < -0.4 is 10.6 Å². The molecule has 0 bridgehead atoms. The molecule has 28 heavy (non-hydrogen) atoms. The van der Waals surface area contributed by atoms with E-state index in [9.17, 15) is 9.59 Å². The summed E-state index contributed by atoms with van der Waals surface area (Å²) in [4.78, 5) is 30.0. The van der Waals surface area contributed by atoms with Gasteiger partial charge in [0.1, 0.15) is 11.2 Å². The molecule has 2 heterocycles. The van der Waals surface area contributed by atoms with Gasteiger partial charge in [-0.1, -0.05) is 35.5 Å². The monoisotopic (exact) mass is 376 g/mol. The van der Waals surface area contributed by atoms with Crippen molar-refractivity contribution < 1.29 is 14.1 Å². The number of benzene rings is 1. The van der Waals surface area contributed by atoms with E-state index < -0.39 is 5.54 Å². The Morgan fingerprint density at radius 3 is 2.57 bits per heavy atom. The Hall–Kier alpha value is -3.22. The van der Waals surface area contributed by atoms with Gasteiger partial charge in [-0.05, 0) is 31.7 Å². The van der Waals surface area contributed by atoms with E-state index in [1.165, 1.54) is 0 Å². The molecule has 7 nitrogen and oxygen atoms in total. The quantitative estimate of drug-likeness (QED) is 0.714. The van der Waals surface area contributed by atoms with Gasteiger partial charge in [0.15, 0.2) is 0 Å². The molecule has 7 heteroatoms. The minimum atomic E-state index is -0.814. The average Bonchev–Trinajstić information content (AvgIpc) is 3.65. The van der Waals surface area contributed by atoms with Crippen LogP contribution in [0.3, 0.4) is 0 Å². The maximum Gasteiger partial charge on any atom is 0.259 e. The molecule has 2 aliphatic rings. The number of pyridine rings is 1. The molecule has 0 spiro atoms. The first-order chi connectivity index (χ1) is 13.6. The molecular weight excluding hydrogens is 356 g/mol. The van der Waals surface area contributed by atoms with Gasteiger partial charge in [0.2, 0.25) is 5.91 Å². The molecular formula is C21H20N4O3. The highest BCUT2D eigenvalue weighted by Crippen LogP contribution is 2.42. The van der Waals surface area contributed by atoms with Crippen LogP contribution in [0.5, 0.6) is 0 Å². The van der Waals surface area contributed by atoms with Crippen LogP contribution in [0.1, 0.15) is 47.7 Å². The fraction of sp³-hybridized carbons (Fsp3) is 0.333. The zero-order valence-corrected chi connectivity index (χ0v) is 15.5. The van der Waals surface area contributed by atoms with Gasteiger partial charge < -0.3 is 15.2 Å². The van der Waals surface area contributed by atoms with E-state index in [2.05, 4.69) is 20.8 Å². The summed E-state index contributed by atoms with van der Waals surface area (Å²) < 4.78 is 5.51. The topological polar surface area (TPSA) is 97.1 Å². The summed E-state index contributed by atoms with van der Waals surface area (Å²) in [6, 6.07) is 11.4. The van der Waals surface area contributed by atoms with Crippen molar-refractivity contribution in [2.24, 2.45) is 0 Å². The number of rotatable bonds is 5. The fourth-order valence-corrected chi connectivity index (χ4v) is 3.59. The lowest BCUT2D eigenvalue weighted by molar-refractivity contribution is -0.123. The number of nitrogens with one attached hydrogen (secondary N) is 2. The summed E-state index contributed by atoms with van der Waals surface area (Å²) in [6.45, 7) is 0. The number of hydrogen-bond acceptors (Lipinski definition) is 5. The van der Waals surface area contributed by atoms with Gasteiger partial charge in [-0.15, -0.1) is 0 Å². The molecule has 3 aromatic rings. The van der Waals surface area contributed by atoms with E-state index in [1.54, 1.807) is 7.05 Å². The van der Waals surface area contributed by atoms with Crippen LogP contribution in [0.25, 0.3) is 22.4 Å². The molecule has 0 radical (unpaired) electrons. The molecule has 2 amide bonds. The Labute approximate surface area is 161 Å². The van der Waals surface area contributed by atoms with Gasteiger partial charge in [0.25, 0.3) is 11.6 Å². The number of carbonyl (C=O) groups is 2. The second-order valence-electron chi connectivity index (χ2n) is 7.56. The Morgan fingerprint density at radius 1 is 1.18 bits per heavy atom. The minimum Gasteiger partial charge on any atom is -0.357 e. The largest absolute Gasteiger partial charge is 0.357 e. The standard InChI is InChI=1S/C21H20N4O3/c1-22-20(27)21(9-10-21)24-18(26)14-11-15(12-7-8-12)23-19-16(14)17(25-28-19)13-5-3-2-4-6-13/h2-6,11-12H,7-10H2,1H3,(H,22,27)(H,24,26). The van der Waals surface area contributed by atoms with Crippen molar-refractivity contribution in [2.45, 2.75) is 37.1 Å². The summed E-state index contributed by atoms with van der Waals surface area (Å²) in [5, 5.41) is 10.4. The Kier molecular flexibility index (Phi) is 3.72. The molecule has 2 saturated carbocycles. The van der Waals surface area contributed by atoms with Gasteiger partial charge in [-0.2, -0.15) is 0 Å². The van der Waals surface area contributed by atoms with Crippen LogP contribution in [0, 0.1) is 0 Å². The van der Waals surface area contributed by atoms with Crippen molar-refractivity contribution in [1.29, 1.82) is 0 Å². The molecule has 0 unspecified atom stereocenters. The van der Waals surface area contributed by atoms with Crippen molar-refractivity contribution in [3.05, 3.63) is 47.7 Å². The number of fused-ring (bicyclic) bond motifs is 1. The van der Waals surface area contributed by atoms with Gasteiger partial charge in [-0.3, -0.25) is 9.59 Å². The van der Waals surface area contributed by atoms with Crippen molar-refractivity contribution in [3.63, 3.8) is 0 Å². The average molecular weight is 376 g/mol. The number of nitrogens with zero attached hydrogens (tertiary/aromatic N) is 2. The molecule has 0 saturated heterocycles. The predicted molar refractivity (Wildman–Crippen MR) is 103 cm³/mol. The maximum absolute atomic E-state index is 13.2. The second kappa shape index (κ2) is 6.15. The first-order valence-electron chi connectivity index (χ1n) is 9.52. The zero-order valence-electron chi connectivity index (χ0n) is 15.5. The molecule has 2 aromatic heterocycles. The number of carbonyl (C=O) groups excluding carboxylic acids is 2. The number of aromatic nitrogens is 2. The summed E-state index contributed by atoms with van der Waals surface area (Å²) in [5.74, 6) is -0.104. The van der Waals surface area contributed by atoms with Crippen LogP contribution in [0.2, 0.25) is 0 Å². The smallest absolute Gasteiger partial charge is 0.259 e. The van der Waals surface area contributed by atoms with Crippen molar-refractivity contribution >= 4 is 22.9 Å². The SMILES string of the molecule is CNC(=O)C1(NC(=O)c2cc(C3CC3)nc3onc(-c4ccccc4)c23)CC1. The molecule has 2 N–H and O–H groups in total. The second-order valence-corrected chi connectivity index (χ2v) is 7.56. The normalized spacial score (nSPS) is 17.3. The first-order valence-corrected chi connectivity index (χ1v) is 9.52. The third kappa shape index (κ3) is 2.74.